The first-order chi connectivity index (χ1) is 13.0. The Hall–Kier alpha value is -3.14. The van der Waals surface area contributed by atoms with Crippen molar-refractivity contribution >= 4 is 5.78 Å². The zero-order valence-electron chi connectivity index (χ0n) is 15.4. The molecular weight excluding hydrogens is 342 g/mol. The SMILES string of the molecule is [C-]#[N+]C1=C[C@]2(C)c3nc(-c4cncnc4)nc(OC)c3CC[C@H]2[C@H](C)C1=O. The molecule has 2 aliphatic carbocycles. The Bertz CT molecular complexity index is 995. The number of Topliss-reactive ketones (excluding diaryl/α,β-unsaturated/α-hetero) is 1. The number of methoxy groups -OCH3 is 1. The van der Waals surface area contributed by atoms with E-state index in [1.165, 1.54) is 6.33 Å². The van der Waals surface area contributed by atoms with Crippen LogP contribution in [0.15, 0.2) is 30.5 Å². The number of rotatable bonds is 2. The van der Waals surface area contributed by atoms with E-state index in [2.05, 4.69) is 26.7 Å². The van der Waals surface area contributed by atoms with Gasteiger partial charge in [-0.1, -0.05) is 19.9 Å². The standard InChI is InChI=1S/C20H19N5O2/c1-11-14-6-5-13-17(20(14,2)7-15(21-3)16(11)26)24-18(25-19(13)27-4)12-8-22-10-23-9-12/h7-11,14H,5-6H2,1-2,4H3/t11-,14-,20-/m0/s1. The van der Waals surface area contributed by atoms with Crippen LogP contribution >= 0.6 is 0 Å². The van der Waals surface area contributed by atoms with Crippen LogP contribution in [-0.4, -0.2) is 32.8 Å². The highest BCUT2D eigenvalue weighted by Crippen LogP contribution is 2.50. The number of ketones is 1. The molecule has 7 heteroatoms. The van der Waals surface area contributed by atoms with E-state index in [4.69, 9.17) is 16.3 Å². The summed E-state index contributed by atoms with van der Waals surface area (Å²) in [5, 5.41) is 0. The quantitative estimate of drug-likeness (QED) is 0.765. The zero-order chi connectivity index (χ0) is 19.2. The molecule has 2 aromatic rings. The van der Waals surface area contributed by atoms with Crippen molar-refractivity contribution < 1.29 is 9.53 Å². The van der Waals surface area contributed by atoms with Crippen LogP contribution in [0.1, 0.15) is 31.5 Å². The summed E-state index contributed by atoms with van der Waals surface area (Å²) >= 11 is 0. The lowest BCUT2D eigenvalue weighted by Crippen LogP contribution is -2.46. The van der Waals surface area contributed by atoms with Crippen LogP contribution < -0.4 is 4.74 Å². The van der Waals surface area contributed by atoms with Gasteiger partial charge >= 0.3 is 0 Å². The summed E-state index contributed by atoms with van der Waals surface area (Å²) in [6, 6.07) is 0. The smallest absolute Gasteiger partial charge is 0.226 e. The number of allylic oxidation sites excluding steroid dienone is 2. The summed E-state index contributed by atoms with van der Waals surface area (Å²) in [5.41, 5.74) is 2.13. The first-order valence-corrected chi connectivity index (χ1v) is 8.85. The normalized spacial score (nSPS) is 26.4. The number of fused-ring (bicyclic) bond motifs is 3. The highest BCUT2D eigenvalue weighted by molar-refractivity contribution is 6.00. The van der Waals surface area contributed by atoms with Crippen LogP contribution in [0.2, 0.25) is 0 Å². The van der Waals surface area contributed by atoms with Gasteiger partial charge < -0.3 is 9.53 Å². The van der Waals surface area contributed by atoms with Gasteiger partial charge in [0.2, 0.25) is 11.6 Å². The van der Waals surface area contributed by atoms with Gasteiger partial charge in [-0.15, -0.1) is 0 Å². The molecule has 2 aromatic heterocycles. The third-order valence-electron chi connectivity index (χ3n) is 5.79. The number of carbonyl (C=O) groups excluding carboxylic acids is 1. The fraction of sp³-hybridized carbons (Fsp3) is 0.400. The van der Waals surface area contributed by atoms with Gasteiger partial charge in [-0.25, -0.2) is 19.8 Å². The summed E-state index contributed by atoms with van der Waals surface area (Å²) < 4.78 is 5.56. The molecule has 0 aromatic carbocycles. The van der Waals surface area contributed by atoms with Gasteiger partial charge in [0, 0.05) is 29.3 Å². The van der Waals surface area contributed by atoms with E-state index in [1.807, 2.05) is 6.92 Å². The molecule has 0 spiro atoms. The van der Waals surface area contributed by atoms with E-state index in [-0.39, 0.29) is 23.3 Å². The van der Waals surface area contributed by atoms with Crippen LogP contribution in [0, 0.1) is 18.4 Å². The van der Waals surface area contributed by atoms with Gasteiger partial charge in [-0.3, -0.25) is 0 Å². The van der Waals surface area contributed by atoms with Gasteiger partial charge in [0.25, 0.3) is 0 Å². The number of carbonyl (C=O) groups is 1. The summed E-state index contributed by atoms with van der Waals surface area (Å²) in [6.07, 6.45) is 8.13. The molecular formula is C20H19N5O2. The molecule has 4 rings (SSSR count). The molecule has 2 aliphatic rings. The lowest BCUT2D eigenvalue weighted by atomic mass is 9.58. The largest absolute Gasteiger partial charge is 0.481 e. The van der Waals surface area contributed by atoms with Crippen LogP contribution in [0.5, 0.6) is 5.88 Å². The van der Waals surface area contributed by atoms with E-state index in [0.717, 1.165) is 24.1 Å². The number of ether oxygens (including phenoxy) is 1. The first-order valence-electron chi connectivity index (χ1n) is 8.85. The second-order valence-electron chi connectivity index (χ2n) is 7.23. The molecule has 3 atom stereocenters. The molecule has 7 nitrogen and oxygen atoms in total. The molecule has 0 radical (unpaired) electrons. The number of hydrogen-bond acceptors (Lipinski definition) is 6. The van der Waals surface area contributed by atoms with Crippen molar-refractivity contribution in [3.05, 3.63) is 53.2 Å². The Morgan fingerprint density at radius 3 is 2.70 bits per heavy atom. The third-order valence-corrected chi connectivity index (χ3v) is 5.79. The maximum absolute atomic E-state index is 12.5. The van der Waals surface area contributed by atoms with E-state index in [1.54, 1.807) is 25.6 Å². The van der Waals surface area contributed by atoms with Crippen molar-refractivity contribution in [2.75, 3.05) is 7.11 Å². The molecule has 0 aliphatic heterocycles. The Balaban J connectivity index is 1.98. The average Bonchev–Trinajstić information content (AvgIpc) is 2.70. The zero-order valence-corrected chi connectivity index (χ0v) is 15.4. The predicted molar refractivity (Wildman–Crippen MR) is 97.6 cm³/mol. The van der Waals surface area contributed by atoms with E-state index >= 15 is 0 Å². The van der Waals surface area contributed by atoms with Gasteiger partial charge in [-0.2, -0.15) is 4.98 Å². The van der Waals surface area contributed by atoms with E-state index in [9.17, 15) is 4.79 Å². The van der Waals surface area contributed by atoms with Crippen LogP contribution in [-0.2, 0) is 16.6 Å². The fourth-order valence-corrected chi connectivity index (χ4v) is 4.43. The minimum atomic E-state index is -0.526. The summed E-state index contributed by atoms with van der Waals surface area (Å²) in [6.45, 7) is 11.4. The summed E-state index contributed by atoms with van der Waals surface area (Å²) in [7, 11) is 1.59. The predicted octanol–water partition coefficient (Wildman–Crippen LogP) is 2.78. The monoisotopic (exact) mass is 361 g/mol. The van der Waals surface area contributed by atoms with Crippen molar-refractivity contribution in [2.45, 2.75) is 32.1 Å². The first kappa shape index (κ1) is 17.3. The van der Waals surface area contributed by atoms with E-state index < -0.39 is 5.41 Å². The van der Waals surface area contributed by atoms with Gasteiger partial charge in [0.1, 0.15) is 6.33 Å². The summed E-state index contributed by atoms with van der Waals surface area (Å²) in [4.78, 5) is 33.5. The third kappa shape index (κ3) is 2.52. The molecule has 0 N–H and O–H groups in total. The minimum Gasteiger partial charge on any atom is -0.481 e. The molecule has 0 fully saturated rings. The molecule has 0 bridgehead atoms. The van der Waals surface area contributed by atoms with Crippen molar-refractivity contribution in [2.24, 2.45) is 11.8 Å². The molecule has 0 saturated heterocycles. The van der Waals surface area contributed by atoms with Crippen molar-refractivity contribution in [1.29, 1.82) is 0 Å². The van der Waals surface area contributed by atoms with Gasteiger partial charge in [0.05, 0.1) is 24.9 Å². The second kappa shape index (κ2) is 6.23. The van der Waals surface area contributed by atoms with Gasteiger partial charge in [0.15, 0.2) is 11.6 Å². The maximum Gasteiger partial charge on any atom is 0.226 e. The van der Waals surface area contributed by atoms with Crippen LogP contribution in [0.3, 0.4) is 0 Å². The molecule has 2 heterocycles. The Labute approximate surface area is 157 Å². The van der Waals surface area contributed by atoms with Crippen LogP contribution in [0.25, 0.3) is 16.2 Å². The number of aromatic nitrogens is 4. The highest BCUT2D eigenvalue weighted by atomic mass is 16.5. The number of nitrogens with zero attached hydrogens (tertiary/aromatic N) is 5. The van der Waals surface area contributed by atoms with Crippen molar-refractivity contribution in [3.8, 4) is 17.3 Å². The topological polar surface area (TPSA) is 82.2 Å². The van der Waals surface area contributed by atoms with Crippen molar-refractivity contribution in [3.63, 3.8) is 0 Å². The lowest BCUT2D eigenvalue weighted by molar-refractivity contribution is -0.121. The molecule has 0 unspecified atom stereocenters. The van der Waals surface area contributed by atoms with Gasteiger partial charge in [-0.05, 0) is 18.8 Å². The minimum absolute atomic E-state index is 0.0753. The van der Waals surface area contributed by atoms with E-state index in [0.29, 0.717) is 17.3 Å². The maximum atomic E-state index is 12.5. The molecule has 136 valence electrons. The highest BCUT2D eigenvalue weighted by Gasteiger charge is 2.49. The Kier molecular flexibility index (Phi) is 3.99. The fourth-order valence-electron chi connectivity index (χ4n) is 4.43. The Morgan fingerprint density at radius 1 is 1.30 bits per heavy atom. The molecule has 27 heavy (non-hydrogen) atoms. The number of hydrogen-bond donors (Lipinski definition) is 0. The van der Waals surface area contributed by atoms with Crippen LogP contribution in [0.4, 0.5) is 0 Å². The average molecular weight is 361 g/mol. The molecule has 0 saturated carbocycles. The van der Waals surface area contributed by atoms with Crippen molar-refractivity contribution in [1.82, 2.24) is 19.9 Å². The molecule has 0 amide bonds. The lowest BCUT2D eigenvalue weighted by Gasteiger charge is -2.45. The summed E-state index contributed by atoms with van der Waals surface area (Å²) in [5.74, 6) is 0.800. The second-order valence-corrected chi connectivity index (χ2v) is 7.23. The Morgan fingerprint density at radius 2 is 2.04 bits per heavy atom.